The lowest BCUT2D eigenvalue weighted by molar-refractivity contribution is -0.122. The van der Waals surface area contributed by atoms with Crippen LogP contribution in [0.2, 0.25) is 0 Å². The number of hydrogen-bond donors (Lipinski definition) is 1. The molecule has 44 heavy (non-hydrogen) atoms. The number of hydrogen-bond acceptors (Lipinski definition) is 7. The average Bonchev–Trinajstić information content (AvgIpc) is 3.66. The molecule has 1 saturated heterocycles. The van der Waals surface area contributed by atoms with E-state index < -0.39 is 0 Å². The number of amides is 2. The minimum absolute atomic E-state index is 0.00911. The molecular formula is C33H37IN6O3S. The molecule has 230 valence electrons. The van der Waals surface area contributed by atoms with Crippen LogP contribution in [0.5, 0.6) is 0 Å². The molecule has 2 aliphatic rings. The normalized spacial score (nSPS) is 16.7. The van der Waals surface area contributed by atoms with Crippen LogP contribution in [-0.4, -0.2) is 82.0 Å². The third-order valence-electron chi connectivity index (χ3n) is 8.59. The fraction of sp³-hybridized carbons (Fsp3) is 0.394. The topological polar surface area (TPSA) is 92.6 Å². The van der Waals surface area contributed by atoms with Crippen LogP contribution in [0.15, 0.2) is 42.7 Å². The first-order valence-electron chi connectivity index (χ1n) is 14.9. The van der Waals surface area contributed by atoms with Gasteiger partial charge in [0, 0.05) is 100.0 Å². The van der Waals surface area contributed by atoms with Gasteiger partial charge in [0.2, 0.25) is 5.91 Å². The smallest absolute Gasteiger partial charge is 0.253 e. The highest BCUT2D eigenvalue weighted by atomic mass is 127. The van der Waals surface area contributed by atoms with Gasteiger partial charge in [-0.05, 0) is 72.7 Å². The summed E-state index contributed by atoms with van der Waals surface area (Å²) < 4.78 is 7.41. The van der Waals surface area contributed by atoms with Gasteiger partial charge in [-0.15, -0.1) is 0 Å². The summed E-state index contributed by atoms with van der Waals surface area (Å²) in [6.07, 6.45) is 6.28. The van der Waals surface area contributed by atoms with E-state index in [4.69, 9.17) is 14.7 Å². The van der Waals surface area contributed by atoms with Crippen LogP contribution < -0.4 is 5.32 Å². The summed E-state index contributed by atoms with van der Waals surface area (Å²) in [5.41, 5.74) is 11.0. The van der Waals surface area contributed by atoms with E-state index in [2.05, 4.69) is 62.7 Å². The van der Waals surface area contributed by atoms with Gasteiger partial charge in [-0.1, -0.05) is 12.1 Å². The second kappa shape index (κ2) is 13.2. The van der Waals surface area contributed by atoms with Crippen molar-refractivity contribution in [2.24, 2.45) is 0 Å². The van der Waals surface area contributed by atoms with Crippen LogP contribution in [-0.2, 0) is 22.5 Å². The highest BCUT2D eigenvalue weighted by Gasteiger charge is 2.23. The molecule has 0 aliphatic carbocycles. The summed E-state index contributed by atoms with van der Waals surface area (Å²) in [6.45, 7) is 7.98. The van der Waals surface area contributed by atoms with E-state index >= 15 is 0 Å². The lowest BCUT2D eigenvalue weighted by atomic mass is 9.92. The Morgan fingerprint density at radius 3 is 2.70 bits per heavy atom. The second-order valence-electron chi connectivity index (χ2n) is 11.9. The number of benzene rings is 2. The van der Waals surface area contributed by atoms with Gasteiger partial charge in [0.05, 0.1) is 24.5 Å². The summed E-state index contributed by atoms with van der Waals surface area (Å²) in [6, 6.07) is 10.6. The summed E-state index contributed by atoms with van der Waals surface area (Å²) in [5, 5.41) is 3.10. The van der Waals surface area contributed by atoms with Gasteiger partial charge >= 0.3 is 0 Å². The molecule has 0 bridgehead atoms. The van der Waals surface area contributed by atoms with Gasteiger partial charge in [0.15, 0.2) is 5.65 Å². The largest absolute Gasteiger partial charge is 0.379 e. The number of nitrogens with zero attached hydrogens (tertiary/aromatic N) is 5. The van der Waals surface area contributed by atoms with Gasteiger partial charge in [0.1, 0.15) is 5.52 Å². The van der Waals surface area contributed by atoms with Crippen LogP contribution >= 0.6 is 30.3 Å². The molecule has 2 aromatic carbocycles. The van der Waals surface area contributed by atoms with Crippen molar-refractivity contribution in [3.8, 4) is 22.4 Å². The Balaban J connectivity index is 1.27. The Bertz CT molecular complexity index is 1730. The minimum atomic E-state index is -0.00911. The van der Waals surface area contributed by atoms with E-state index in [0.29, 0.717) is 18.6 Å². The first-order valence-corrected chi connectivity index (χ1v) is 18.3. The van der Waals surface area contributed by atoms with E-state index in [1.165, 1.54) is 16.7 Å². The van der Waals surface area contributed by atoms with Gasteiger partial charge in [-0.2, -0.15) is 0 Å². The van der Waals surface area contributed by atoms with E-state index in [9.17, 15) is 9.59 Å². The van der Waals surface area contributed by atoms with Crippen molar-refractivity contribution in [3.05, 3.63) is 70.5 Å². The highest BCUT2D eigenvalue weighted by Crippen LogP contribution is 2.36. The molecule has 1 N–H and O–H groups in total. The third kappa shape index (κ3) is 6.37. The molecule has 2 aromatic heterocycles. The summed E-state index contributed by atoms with van der Waals surface area (Å²) in [5.74, 6) is 0.0894. The molecule has 9 nitrogen and oxygen atoms in total. The molecule has 4 aromatic rings. The summed E-state index contributed by atoms with van der Waals surface area (Å²) in [7, 11) is 5.09. The van der Waals surface area contributed by atoms with E-state index in [1.807, 2.05) is 29.2 Å². The molecule has 0 saturated carbocycles. The SMILES string of the molecule is Cc1cc(-c2cn(SI)c3ncc(-c4cc(C)c5c(c4)CN(CCC(=O)NC4CCOC4)CC5)nc23)ccc1C(=O)N(C)C. The number of rotatable bonds is 8. The molecule has 0 spiro atoms. The Labute approximate surface area is 274 Å². The Morgan fingerprint density at radius 1 is 1.16 bits per heavy atom. The maximum absolute atomic E-state index is 12.6. The highest BCUT2D eigenvalue weighted by molar-refractivity contribution is 14.2. The van der Waals surface area contributed by atoms with Gasteiger partial charge in [-0.3, -0.25) is 18.5 Å². The third-order valence-corrected chi connectivity index (χ3v) is 10.3. The van der Waals surface area contributed by atoms with Crippen molar-refractivity contribution in [1.82, 2.24) is 29.1 Å². The number of carbonyl (C=O) groups is 2. The summed E-state index contributed by atoms with van der Waals surface area (Å²) >= 11 is 2.26. The lowest BCUT2D eigenvalue weighted by Crippen LogP contribution is -2.38. The van der Waals surface area contributed by atoms with Crippen LogP contribution in [0, 0.1) is 13.8 Å². The quantitative estimate of drug-likeness (QED) is 0.237. The van der Waals surface area contributed by atoms with E-state index in [1.54, 1.807) is 28.1 Å². The van der Waals surface area contributed by atoms with E-state index in [0.717, 1.165) is 78.2 Å². The van der Waals surface area contributed by atoms with Gasteiger partial charge < -0.3 is 15.0 Å². The minimum Gasteiger partial charge on any atom is -0.379 e. The first kappa shape index (κ1) is 31.0. The fourth-order valence-corrected chi connectivity index (χ4v) is 7.45. The monoisotopic (exact) mass is 724 g/mol. The predicted molar refractivity (Wildman–Crippen MR) is 184 cm³/mol. The molecule has 11 heteroatoms. The molecular weight excluding hydrogens is 687 g/mol. The molecule has 0 radical (unpaired) electrons. The average molecular weight is 725 g/mol. The van der Waals surface area contributed by atoms with Crippen molar-refractivity contribution in [3.63, 3.8) is 0 Å². The zero-order valence-corrected chi connectivity index (χ0v) is 28.5. The number of carbonyl (C=O) groups excluding carboxylic acids is 2. The summed E-state index contributed by atoms with van der Waals surface area (Å²) in [4.78, 5) is 39.1. The zero-order valence-electron chi connectivity index (χ0n) is 25.5. The van der Waals surface area contributed by atoms with Crippen LogP contribution in [0.1, 0.15) is 45.5 Å². The van der Waals surface area contributed by atoms with Gasteiger partial charge in [-0.25, -0.2) is 9.97 Å². The van der Waals surface area contributed by atoms with Crippen LogP contribution in [0.25, 0.3) is 33.5 Å². The Hall–Kier alpha value is -3.00. The Morgan fingerprint density at radius 2 is 1.98 bits per heavy atom. The number of fused-ring (bicyclic) bond motifs is 2. The lowest BCUT2D eigenvalue weighted by Gasteiger charge is -2.30. The van der Waals surface area contributed by atoms with Gasteiger partial charge in [0.25, 0.3) is 5.91 Å². The first-order chi connectivity index (χ1) is 21.2. The molecule has 6 rings (SSSR count). The van der Waals surface area contributed by atoms with Crippen molar-refractivity contribution >= 4 is 53.3 Å². The number of nitrogens with one attached hydrogen (secondary N) is 1. The van der Waals surface area contributed by atoms with Crippen molar-refractivity contribution in [2.45, 2.75) is 45.7 Å². The number of ether oxygens (including phenoxy) is 1. The molecule has 1 atom stereocenters. The Kier molecular flexibility index (Phi) is 9.27. The predicted octanol–water partition coefficient (Wildman–Crippen LogP) is 5.58. The maximum atomic E-state index is 12.6. The van der Waals surface area contributed by atoms with Crippen molar-refractivity contribution in [1.29, 1.82) is 0 Å². The van der Waals surface area contributed by atoms with Crippen molar-refractivity contribution in [2.75, 3.05) is 40.4 Å². The molecule has 4 heterocycles. The molecule has 1 fully saturated rings. The standard InChI is InChI=1S/C33H37IN6O3S/c1-20-14-23(15-24-17-39(10-7-26(20)24)11-8-30(41)36-25-9-12-43-19-25)29-16-35-32-31(37-29)28(18-40(32)44-34)22-5-6-27(21(2)13-22)33(42)38(3)4/h5-6,13-16,18,25H,7-12,17,19H2,1-4H3,(H,36,41). The maximum Gasteiger partial charge on any atom is 0.253 e. The number of aryl methyl sites for hydroxylation is 2. The molecule has 2 aliphatic heterocycles. The van der Waals surface area contributed by atoms with E-state index in [-0.39, 0.29) is 17.9 Å². The number of aromatic nitrogens is 3. The molecule has 2 amide bonds. The van der Waals surface area contributed by atoms with Crippen molar-refractivity contribution < 1.29 is 14.3 Å². The zero-order chi connectivity index (χ0) is 31.0. The number of halogens is 1. The molecule has 1 unspecified atom stereocenters. The van der Waals surface area contributed by atoms with Crippen LogP contribution in [0.4, 0.5) is 0 Å². The second-order valence-corrected chi connectivity index (χ2v) is 13.6. The fourth-order valence-electron chi connectivity index (χ4n) is 6.20. The van der Waals surface area contributed by atoms with Crippen LogP contribution in [0.3, 0.4) is 0 Å².